The van der Waals surface area contributed by atoms with Gasteiger partial charge in [-0.25, -0.2) is 4.39 Å². The molecular formula is C23H19FN2O3. The lowest BCUT2D eigenvalue weighted by Gasteiger charge is -2.24. The average Bonchev–Trinajstić information content (AvgIpc) is 3.20. The fourth-order valence-corrected chi connectivity index (χ4v) is 3.40. The van der Waals surface area contributed by atoms with Crippen LogP contribution in [0.3, 0.4) is 0 Å². The number of hydrogen-bond donors (Lipinski definition) is 1. The molecule has 1 aliphatic heterocycles. The zero-order valence-electron chi connectivity index (χ0n) is 15.5. The number of carbonyl (C=O) groups is 1. The van der Waals surface area contributed by atoms with Crippen LogP contribution in [0.1, 0.15) is 29.2 Å². The molecular weight excluding hydrogens is 371 g/mol. The summed E-state index contributed by atoms with van der Waals surface area (Å²) in [7, 11) is 0. The average molecular weight is 390 g/mol. The molecule has 1 atom stereocenters. The second-order valence-electron chi connectivity index (χ2n) is 6.73. The molecule has 146 valence electrons. The van der Waals surface area contributed by atoms with Gasteiger partial charge >= 0.3 is 0 Å². The van der Waals surface area contributed by atoms with E-state index in [1.807, 2.05) is 41.4 Å². The van der Waals surface area contributed by atoms with Gasteiger partial charge in [0.25, 0.3) is 6.47 Å². The molecule has 0 fully saturated rings. The van der Waals surface area contributed by atoms with Gasteiger partial charge in [-0.3, -0.25) is 9.80 Å². The Kier molecular flexibility index (Phi) is 5.35. The Balaban J connectivity index is 1.70. The van der Waals surface area contributed by atoms with E-state index in [9.17, 15) is 14.3 Å². The maximum atomic E-state index is 13.3. The highest BCUT2D eigenvalue weighted by Crippen LogP contribution is 2.37. The summed E-state index contributed by atoms with van der Waals surface area (Å²) in [5.41, 5.74) is 4.46. The highest BCUT2D eigenvalue weighted by atomic mass is 19.1. The molecule has 6 heteroatoms. The molecule has 1 N–H and O–H groups in total. The van der Waals surface area contributed by atoms with E-state index in [0.717, 1.165) is 28.1 Å². The Morgan fingerprint density at radius 3 is 2.34 bits per heavy atom. The largest absolute Gasteiger partial charge is 0.429 e. The zero-order valence-corrected chi connectivity index (χ0v) is 15.5. The van der Waals surface area contributed by atoms with E-state index in [4.69, 9.17) is 9.84 Å². The minimum atomic E-state index is -0.286. The number of halogens is 1. The fraction of sp³-hybridized carbons (Fsp3) is 0.130. The minimum absolute atomic E-state index is 0.00974. The summed E-state index contributed by atoms with van der Waals surface area (Å²) < 4.78 is 18.2. The van der Waals surface area contributed by atoms with E-state index in [1.54, 1.807) is 24.3 Å². The summed E-state index contributed by atoms with van der Waals surface area (Å²) in [6, 6.07) is 21.1. The Hall–Kier alpha value is -3.51. The van der Waals surface area contributed by atoms with Crippen molar-refractivity contribution in [2.45, 2.75) is 19.1 Å². The highest BCUT2D eigenvalue weighted by molar-refractivity contribution is 6.03. The molecule has 4 rings (SSSR count). The van der Waals surface area contributed by atoms with Crippen LogP contribution in [0.25, 0.3) is 0 Å². The molecule has 3 aromatic rings. The standard InChI is InChI=1S/C23H19FN2O3/c24-19-7-5-17(6-8-19)22-13-23(18-3-1-16(14-27)2-4-18)26(25-22)20-9-11-21(12-10-20)29-15-28/h1-12,15,23,27H,13-14H2. The van der Waals surface area contributed by atoms with Crippen molar-refractivity contribution >= 4 is 17.9 Å². The van der Waals surface area contributed by atoms with E-state index >= 15 is 0 Å². The molecule has 3 aromatic carbocycles. The van der Waals surface area contributed by atoms with Crippen molar-refractivity contribution < 1.29 is 19.0 Å². The van der Waals surface area contributed by atoms with E-state index in [2.05, 4.69) is 0 Å². The molecule has 0 bridgehead atoms. The molecule has 0 aliphatic carbocycles. The molecule has 29 heavy (non-hydrogen) atoms. The lowest BCUT2D eigenvalue weighted by Crippen LogP contribution is -2.18. The summed E-state index contributed by atoms with van der Waals surface area (Å²) in [6.07, 6.45) is 0.649. The minimum Gasteiger partial charge on any atom is -0.429 e. The zero-order chi connectivity index (χ0) is 20.2. The van der Waals surface area contributed by atoms with Crippen molar-refractivity contribution in [3.63, 3.8) is 0 Å². The first kappa shape index (κ1) is 18.8. The van der Waals surface area contributed by atoms with Crippen LogP contribution in [0.15, 0.2) is 77.9 Å². The first-order chi connectivity index (χ1) is 14.2. The maximum Gasteiger partial charge on any atom is 0.298 e. The van der Waals surface area contributed by atoms with E-state index in [0.29, 0.717) is 18.6 Å². The first-order valence-electron chi connectivity index (χ1n) is 9.20. The third-order valence-corrected chi connectivity index (χ3v) is 4.92. The topological polar surface area (TPSA) is 62.1 Å². The van der Waals surface area contributed by atoms with Crippen molar-refractivity contribution in [3.8, 4) is 5.75 Å². The van der Waals surface area contributed by atoms with Gasteiger partial charge in [0, 0.05) is 6.42 Å². The number of aliphatic hydroxyl groups is 1. The van der Waals surface area contributed by atoms with Crippen LogP contribution >= 0.6 is 0 Å². The van der Waals surface area contributed by atoms with Crippen molar-refractivity contribution in [3.05, 3.63) is 95.3 Å². The molecule has 0 saturated carbocycles. The number of aliphatic hydroxyl groups excluding tert-OH is 1. The van der Waals surface area contributed by atoms with E-state index < -0.39 is 0 Å². The number of nitrogens with zero attached hydrogens (tertiary/aromatic N) is 2. The van der Waals surface area contributed by atoms with Gasteiger partial charge in [0.15, 0.2) is 0 Å². The number of hydrazone groups is 1. The molecule has 0 spiro atoms. The maximum absolute atomic E-state index is 13.3. The highest BCUT2D eigenvalue weighted by Gasteiger charge is 2.30. The van der Waals surface area contributed by atoms with Crippen LogP contribution in [0.5, 0.6) is 5.75 Å². The molecule has 0 amide bonds. The molecule has 0 radical (unpaired) electrons. The number of hydrogen-bond acceptors (Lipinski definition) is 5. The van der Waals surface area contributed by atoms with Crippen LogP contribution < -0.4 is 9.75 Å². The van der Waals surface area contributed by atoms with Crippen LogP contribution in [0, 0.1) is 5.82 Å². The second kappa shape index (κ2) is 8.24. The fourth-order valence-electron chi connectivity index (χ4n) is 3.40. The van der Waals surface area contributed by atoms with Crippen molar-refractivity contribution in [2.75, 3.05) is 5.01 Å². The van der Waals surface area contributed by atoms with Gasteiger partial charge in [0.1, 0.15) is 11.6 Å². The molecule has 0 aromatic heterocycles. The van der Waals surface area contributed by atoms with Crippen LogP contribution in [0.2, 0.25) is 0 Å². The van der Waals surface area contributed by atoms with Gasteiger partial charge in [-0.15, -0.1) is 0 Å². The van der Waals surface area contributed by atoms with Gasteiger partial charge in [0.2, 0.25) is 0 Å². The van der Waals surface area contributed by atoms with Crippen molar-refractivity contribution in [2.24, 2.45) is 5.10 Å². The van der Waals surface area contributed by atoms with Crippen molar-refractivity contribution in [1.29, 1.82) is 0 Å². The van der Waals surface area contributed by atoms with Gasteiger partial charge in [-0.1, -0.05) is 36.4 Å². The number of carbonyl (C=O) groups excluding carboxylic acids is 1. The lowest BCUT2D eigenvalue weighted by molar-refractivity contribution is -0.120. The monoisotopic (exact) mass is 390 g/mol. The third kappa shape index (κ3) is 4.02. The van der Waals surface area contributed by atoms with Crippen LogP contribution in [0.4, 0.5) is 10.1 Å². The Bertz CT molecular complexity index is 1020. The third-order valence-electron chi connectivity index (χ3n) is 4.92. The Morgan fingerprint density at radius 1 is 1.03 bits per heavy atom. The SMILES string of the molecule is O=COc1ccc(N2N=C(c3ccc(F)cc3)CC2c2ccc(CO)cc2)cc1. The van der Waals surface area contributed by atoms with Crippen molar-refractivity contribution in [1.82, 2.24) is 0 Å². The second-order valence-corrected chi connectivity index (χ2v) is 6.73. The molecule has 1 aliphatic rings. The van der Waals surface area contributed by atoms with Gasteiger partial charge in [0.05, 0.1) is 24.0 Å². The normalized spacial score (nSPS) is 15.9. The van der Waals surface area contributed by atoms with Gasteiger partial charge in [-0.2, -0.15) is 5.10 Å². The summed E-state index contributed by atoms with van der Waals surface area (Å²) in [4.78, 5) is 10.5. The molecule has 5 nitrogen and oxygen atoms in total. The quantitative estimate of drug-likeness (QED) is 0.641. The summed E-state index contributed by atoms with van der Waals surface area (Å²) in [5.74, 6) is 0.167. The Labute approximate surface area is 167 Å². The smallest absolute Gasteiger partial charge is 0.298 e. The number of ether oxygens (including phenoxy) is 1. The van der Waals surface area contributed by atoms with Crippen LogP contribution in [-0.2, 0) is 11.4 Å². The molecule has 0 saturated heterocycles. The summed E-state index contributed by atoms with van der Waals surface area (Å²) >= 11 is 0. The number of rotatable bonds is 6. The van der Waals surface area contributed by atoms with E-state index in [-0.39, 0.29) is 18.5 Å². The molecule has 1 unspecified atom stereocenters. The number of anilines is 1. The van der Waals surface area contributed by atoms with Crippen LogP contribution in [-0.4, -0.2) is 17.3 Å². The first-order valence-corrected chi connectivity index (χ1v) is 9.20. The van der Waals surface area contributed by atoms with Gasteiger partial charge < -0.3 is 9.84 Å². The molecule has 1 heterocycles. The Morgan fingerprint density at radius 2 is 1.72 bits per heavy atom. The predicted octanol–water partition coefficient (Wildman–Crippen LogP) is 4.21. The summed E-state index contributed by atoms with van der Waals surface area (Å²) in [6.45, 7) is 0.380. The summed E-state index contributed by atoms with van der Waals surface area (Å²) in [5, 5.41) is 16.0. The van der Waals surface area contributed by atoms with Gasteiger partial charge in [-0.05, 0) is 53.1 Å². The number of benzene rings is 3. The lowest BCUT2D eigenvalue weighted by atomic mass is 9.97. The predicted molar refractivity (Wildman–Crippen MR) is 108 cm³/mol. The van der Waals surface area contributed by atoms with E-state index in [1.165, 1.54) is 12.1 Å².